The van der Waals surface area contributed by atoms with Crippen LogP contribution in [-0.2, 0) is 13.8 Å². The smallest absolute Gasteiger partial charge is 0.397 e. The molecule has 0 radical (unpaired) electrons. The molecule has 1 aromatic carbocycles. The summed E-state index contributed by atoms with van der Waals surface area (Å²) in [5.74, 6) is 0.387. The van der Waals surface area contributed by atoms with E-state index in [1.165, 1.54) is 35.0 Å². The molecular formula is C16H16N3O8P. The number of hydrogen-bond acceptors (Lipinski definition) is 8. The Kier molecular flexibility index (Phi) is 4.98. The van der Waals surface area contributed by atoms with Gasteiger partial charge in [-0.2, -0.15) is 0 Å². The second-order valence-corrected chi connectivity index (χ2v) is 7.45. The highest BCUT2D eigenvalue weighted by atomic mass is 31.2. The van der Waals surface area contributed by atoms with Crippen molar-refractivity contribution in [2.45, 2.75) is 31.8 Å². The van der Waals surface area contributed by atoms with E-state index in [1.807, 2.05) is 0 Å². The lowest BCUT2D eigenvalue weighted by molar-refractivity contribution is -0.384. The van der Waals surface area contributed by atoms with Crippen LogP contribution < -0.4 is 15.8 Å². The molecule has 0 spiro atoms. The summed E-state index contributed by atoms with van der Waals surface area (Å²) in [5.41, 5.74) is -0.626. The molecule has 28 heavy (non-hydrogen) atoms. The first-order valence-electron chi connectivity index (χ1n) is 8.40. The predicted molar refractivity (Wildman–Crippen MR) is 96.1 cm³/mol. The van der Waals surface area contributed by atoms with E-state index in [1.54, 1.807) is 6.92 Å². The monoisotopic (exact) mass is 409 g/mol. The lowest BCUT2D eigenvalue weighted by Gasteiger charge is -2.29. The minimum atomic E-state index is -1.71. The van der Waals surface area contributed by atoms with Crippen LogP contribution in [0.5, 0.6) is 5.75 Å². The molecule has 2 aromatic rings. The van der Waals surface area contributed by atoms with Gasteiger partial charge in [-0.3, -0.25) is 33.5 Å². The summed E-state index contributed by atoms with van der Waals surface area (Å²) in [6.45, 7) is 1.82. The zero-order chi connectivity index (χ0) is 19.8. The number of aryl methyl sites for hydroxylation is 1. The molecule has 1 unspecified atom stereocenters. The molecule has 3 heterocycles. The van der Waals surface area contributed by atoms with Crippen LogP contribution in [0.3, 0.4) is 0 Å². The van der Waals surface area contributed by atoms with Gasteiger partial charge in [-0.1, -0.05) is 0 Å². The third-order valence-corrected chi connectivity index (χ3v) is 5.59. The summed E-state index contributed by atoms with van der Waals surface area (Å²) in [6.07, 6.45) is 0.545. The van der Waals surface area contributed by atoms with Gasteiger partial charge < -0.3 is 9.26 Å². The first kappa shape index (κ1) is 18.8. The molecule has 4 rings (SSSR count). The van der Waals surface area contributed by atoms with Crippen molar-refractivity contribution in [2.24, 2.45) is 0 Å². The molecule has 0 bridgehead atoms. The van der Waals surface area contributed by atoms with E-state index in [2.05, 4.69) is 4.98 Å². The van der Waals surface area contributed by atoms with Crippen molar-refractivity contribution in [3.63, 3.8) is 0 Å². The molecule has 2 saturated heterocycles. The van der Waals surface area contributed by atoms with E-state index >= 15 is 0 Å². The van der Waals surface area contributed by atoms with Crippen molar-refractivity contribution in [1.82, 2.24) is 9.55 Å². The Labute approximate surface area is 159 Å². The number of H-pyrrole nitrogens is 1. The van der Waals surface area contributed by atoms with Crippen molar-refractivity contribution in [3.8, 4) is 5.75 Å². The number of nitro benzene ring substituents is 1. The number of ether oxygens (including phenoxy) is 1. The molecule has 2 fully saturated rings. The van der Waals surface area contributed by atoms with E-state index in [4.69, 9.17) is 18.3 Å². The first-order valence-corrected chi connectivity index (χ1v) is 9.50. The molecule has 11 nitrogen and oxygen atoms in total. The second kappa shape index (κ2) is 7.44. The van der Waals surface area contributed by atoms with Crippen LogP contribution in [-0.4, -0.2) is 33.3 Å². The molecule has 0 saturated carbocycles. The van der Waals surface area contributed by atoms with E-state index < -0.39 is 31.0 Å². The van der Waals surface area contributed by atoms with Gasteiger partial charge in [-0.15, -0.1) is 0 Å². The highest BCUT2D eigenvalue weighted by Gasteiger charge is 2.44. The number of hydrogen-bond donors (Lipinski definition) is 1. The van der Waals surface area contributed by atoms with Crippen LogP contribution in [0.1, 0.15) is 18.2 Å². The zero-order valence-corrected chi connectivity index (χ0v) is 15.5. The SMILES string of the molecule is Cc1cn([C@H]2C[C@@H]3OP(Oc4ccc([N+](=O)[O-])cc4)OC[C@H]3O2)c(=O)[nH]c1=O. The fraction of sp³-hybridized carbons (Fsp3) is 0.375. The molecule has 1 aromatic heterocycles. The van der Waals surface area contributed by atoms with Crippen molar-refractivity contribution < 1.29 is 23.2 Å². The summed E-state index contributed by atoms with van der Waals surface area (Å²) in [7, 11) is -1.71. The number of aromatic amines is 1. The maximum absolute atomic E-state index is 12.1. The molecule has 0 amide bonds. The number of nitrogens with one attached hydrogen (secondary N) is 1. The van der Waals surface area contributed by atoms with E-state index in [-0.39, 0.29) is 24.5 Å². The van der Waals surface area contributed by atoms with Crippen LogP contribution in [0.15, 0.2) is 40.1 Å². The van der Waals surface area contributed by atoms with Crippen molar-refractivity contribution >= 4 is 14.3 Å². The maximum atomic E-state index is 12.1. The van der Waals surface area contributed by atoms with Gasteiger partial charge in [0.2, 0.25) is 0 Å². The highest BCUT2D eigenvalue weighted by Crippen LogP contribution is 2.49. The average molecular weight is 409 g/mol. The topological polar surface area (TPSA) is 135 Å². The minimum absolute atomic E-state index is 0.0423. The van der Waals surface area contributed by atoms with Gasteiger partial charge in [0.15, 0.2) is 0 Å². The van der Waals surface area contributed by atoms with Gasteiger partial charge >= 0.3 is 14.3 Å². The Morgan fingerprint density at radius 3 is 2.75 bits per heavy atom. The predicted octanol–water partition coefficient (Wildman–Crippen LogP) is 1.76. The molecule has 1 N–H and O–H groups in total. The van der Waals surface area contributed by atoms with Crippen LogP contribution in [0.4, 0.5) is 5.69 Å². The Hall–Kier alpha value is -2.59. The quantitative estimate of drug-likeness (QED) is 0.459. The second-order valence-electron chi connectivity index (χ2n) is 6.35. The lowest BCUT2D eigenvalue weighted by atomic mass is 10.2. The number of rotatable bonds is 4. The molecule has 148 valence electrons. The van der Waals surface area contributed by atoms with Gasteiger partial charge in [0.25, 0.3) is 11.2 Å². The summed E-state index contributed by atoms with van der Waals surface area (Å²) in [6, 6.07) is 5.60. The molecule has 4 atom stereocenters. The average Bonchev–Trinajstić information content (AvgIpc) is 3.08. The molecule has 2 aliphatic rings. The molecule has 12 heteroatoms. The Morgan fingerprint density at radius 2 is 2.04 bits per heavy atom. The van der Waals surface area contributed by atoms with Crippen LogP contribution in [0, 0.1) is 17.0 Å². The van der Waals surface area contributed by atoms with Crippen molar-refractivity contribution in [2.75, 3.05) is 6.61 Å². The number of benzene rings is 1. The van der Waals surface area contributed by atoms with E-state index in [9.17, 15) is 19.7 Å². The first-order chi connectivity index (χ1) is 13.4. The lowest BCUT2D eigenvalue weighted by Crippen LogP contribution is -2.33. The fourth-order valence-electron chi connectivity index (χ4n) is 2.97. The molecule has 0 aliphatic carbocycles. The zero-order valence-electron chi connectivity index (χ0n) is 14.6. The minimum Gasteiger partial charge on any atom is -0.427 e. The van der Waals surface area contributed by atoms with Crippen molar-refractivity contribution in [1.29, 1.82) is 0 Å². The van der Waals surface area contributed by atoms with Gasteiger partial charge in [0, 0.05) is 30.3 Å². The number of nitrogens with zero attached hydrogens (tertiary/aromatic N) is 2. The van der Waals surface area contributed by atoms with Crippen LogP contribution >= 0.6 is 8.60 Å². The number of fused-ring (bicyclic) bond motifs is 1. The summed E-state index contributed by atoms with van der Waals surface area (Å²) in [4.78, 5) is 36.0. The highest BCUT2D eigenvalue weighted by molar-refractivity contribution is 7.42. The summed E-state index contributed by atoms with van der Waals surface area (Å²) >= 11 is 0. The van der Waals surface area contributed by atoms with Crippen molar-refractivity contribution in [3.05, 3.63) is 67.0 Å². The number of nitro groups is 1. The number of aromatic nitrogens is 2. The van der Waals surface area contributed by atoms with E-state index in [0.717, 1.165) is 0 Å². The maximum Gasteiger partial charge on any atom is 0.397 e. The van der Waals surface area contributed by atoms with Gasteiger partial charge in [-0.05, 0) is 19.1 Å². The molecular weight excluding hydrogens is 393 g/mol. The van der Waals surface area contributed by atoms with Gasteiger partial charge in [0.1, 0.15) is 24.2 Å². The van der Waals surface area contributed by atoms with Gasteiger partial charge in [0.05, 0.1) is 11.5 Å². The summed E-state index contributed by atoms with van der Waals surface area (Å²) < 4.78 is 24.2. The fourth-order valence-corrected chi connectivity index (χ4v) is 4.13. The molecule has 2 aliphatic heterocycles. The Morgan fingerprint density at radius 1 is 1.29 bits per heavy atom. The van der Waals surface area contributed by atoms with Crippen LogP contribution in [0.25, 0.3) is 0 Å². The van der Waals surface area contributed by atoms with Gasteiger partial charge in [-0.25, -0.2) is 4.79 Å². The number of non-ortho nitro benzene ring substituents is 1. The third kappa shape index (κ3) is 3.69. The van der Waals surface area contributed by atoms with Crippen LogP contribution in [0.2, 0.25) is 0 Å². The summed E-state index contributed by atoms with van der Waals surface area (Å²) in [5, 5.41) is 10.7. The third-order valence-electron chi connectivity index (χ3n) is 4.43. The largest absolute Gasteiger partial charge is 0.427 e. The van der Waals surface area contributed by atoms with E-state index in [0.29, 0.717) is 17.7 Å². The normalized spacial score (nSPS) is 26.6. The standard InChI is InChI=1S/C16H16N3O8P/c1-9-7-18(16(21)17-15(9)20)14-6-12-13(25-14)8-24-28(27-12)26-11-4-2-10(3-5-11)19(22)23/h2-5,7,12-14H,6,8H2,1H3,(H,17,20,21)/t12-,13+,14+,28?/m0/s1. The Bertz CT molecular complexity index is 1000. The Balaban J connectivity index is 1.42.